The first-order valence-corrected chi connectivity index (χ1v) is 5.02. The van der Waals surface area contributed by atoms with Gasteiger partial charge in [-0.3, -0.25) is 0 Å². The zero-order valence-electron chi connectivity index (χ0n) is 7.95. The first-order valence-electron chi connectivity index (χ1n) is 5.02. The number of aliphatic carboxylic acids is 1. The van der Waals surface area contributed by atoms with E-state index >= 15 is 0 Å². The van der Waals surface area contributed by atoms with Crippen LogP contribution >= 0.6 is 0 Å². The van der Waals surface area contributed by atoms with Crippen LogP contribution in [0.2, 0.25) is 0 Å². The highest BCUT2D eigenvalue weighted by Crippen LogP contribution is 2.47. The summed E-state index contributed by atoms with van der Waals surface area (Å²) in [7, 11) is 0. The van der Waals surface area contributed by atoms with Gasteiger partial charge in [-0.1, -0.05) is 6.92 Å². The molecule has 2 rings (SSSR count). The minimum absolute atomic E-state index is 0.0548. The summed E-state index contributed by atoms with van der Waals surface area (Å²) in [5.74, 6) is -0.0776. The molecule has 1 atom stereocenters. The number of carboxylic acids is 1. The Hall–Kier alpha value is -0.570. The van der Waals surface area contributed by atoms with Crippen LogP contribution in [-0.4, -0.2) is 22.8 Å². The number of rotatable bonds is 1. The molecule has 2 aliphatic rings. The molecule has 1 N–H and O–H groups in total. The van der Waals surface area contributed by atoms with Crippen LogP contribution in [0.25, 0.3) is 0 Å². The summed E-state index contributed by atoms with van der Waals surface area (Å²) in [5.41, 5.74) is -0.0548. The van der Waals surface area contributed by atoms with E-state index < -0.39 is 12.1 Å². The SMILES string of the molecule is CC1CC2(CCCC(C(=O)O)O2)C1. The summed E-state index contributed by atoms with van der Waals surface area (Å²) in [5, 5.41) is 8.83. The zero-order valence-corrected chi connectivity index (χ0v) is 7.95. The molecule has 1 aliphatic carbocycles. The second-order valence-corrected chi connectivity index (χ2v) is 4.53. The number of ether oxygens (including phenoxy) is 1. The van der Waals surface area contributed by atoms with Gasteiger partial charge in [-0.05, 0) is 38.0 Å². The molecule has 0 aromatic heterocycles. The molecule has 1 spiro atoms. The summed E-state index contributed by atoms with van der Waals surface area (Å²) < 4.78 is 5.64. The minimum Gasteiger partial charge on any atom is -0.479 e. The minimum atomic E-state index is -0.793. The van der Waals surface area contributed by atoms with E-state index in [0.717, 1.165) is 25.7 Å². The molecule has 0 aromatic rings. The van der Waals surface area contributed by atoms with Gasteiger partial charge in [0.2, 0.25) is 0 Å². The quantitative estimate of drug-likeness (QED) is 0.676. The molecule has 1 saturated carbocycles. The third-order valence-corrected chi connectivity index (χ3v) is 3.21. The number of carbonyl (C=O) groups is 1. The van der Waals surface area contributed by atoms with Crippen LogP contribution in [0.15, 0.2) is 0 Å². The molecule has 74 valence electrons. The van der Waals surface area contributed by atoms with Crippen LogP contribution in [-0.2, 0) is 9.53 Å². The normalized spacial score (nSPS) is 44.4. The summed E-state index contributed by atoms with van der Waals surface area (Å²) in [4.78, 5) is 10.7. The highest BCUT2D eigenvalue weighted by molar-refractivity contribution is 5.72. The molecule has 0 amide bonds. The van der Waals surface area contributed by atoms with Crippen molar-refractivity contribution >= 4 is 5.97 Å². The Balaban J connectivity index is 1.97. The number of carboxylic acid groups (broad SMARTS) is 1. The number of hydrogen-bond acceptors (Lipinski definition) is 2. The van der Waals surface area contributed by atoms with Crippen molar-refractivity contribution in [3.8, 4) is 0 Å². The van der Waals surface area contributed by atoms with Gasteiger partial charge in [0.15, 0.2) is 6.10 Å². The van der Waals surface area contributed by atoms with Crippen LogP contribution in [0.1, 0.15) is 39.0 Å². The molecule has 1 saturated heterocycles. The van der Waals surface area contributed by atoms with Gasteiger partial charge < -0.3 is 9.84 Å². The van der Waals surface area contributed by atoms with Crippen molar-refractivity contribution in [1.82, 2.24) is 0 Å². The average Bonchev–Trinajstić information content (AvgIpc) is 2.02. The third-order valence-electron chi connectivity index (χ3n) is 3.21. The average molecular weight is 184 g/mol. The van der Waals surface area contributed by atoms with Gasteiger partial charge in [0.25, 0.3) is 0 Å². The Bertz CT molecular complexity index is 213. The zero-order chi connectivity index (χ0) is 9.47. The fraction of sp³-hybridized carbons (Fsp3) is 0.900. The highest BCUT2D eigenvalue weighted by atomic mass is 16.5. The molecular weight excluding hydrogens is 168 g/mol. The van der Waals surface area contributed by atoms with E-state index in [4.69, 9.17) is 9.84 Å². The number of hydrogen-bond donors (Lipinski definition) is 1. The maximum atomic E-state index is 10.7. The molecular formula is C10H16O3. The Morgan fingerprint density at radius 2 is 2.23 bits per heavy atom. The van der Waals surface area contributed by atoms with Gasteiger partial charge in [-0.15, -0.1) is 0 Å². The Kier molecular flexibility index (Phi) is 2.06. The van der Waals surface area contributed by atoms with E-state index in [1.807, 2.05) is 0 Å². The molecule has 1 aliphatic heterocycles. The topological polar surface area (TPSA) is 46.5 Å². The van der Waals surface area contributed by atoms with E-state index in [2.05, 4.69) is 6.92 Å². The van der Waals surface area contributed by atoms with Gasteiger partial charge in [0.05, 0.1) is 5.60 Å². The largest absolute Gasteiger partial charge is 0.479 e. The standard InChI is InChI=1S/C10H16O3/c1-7-5-10(6-7)4-2-3-8(13-10)9(11)12/h7-8H,2-6H2,1H3,(H,11,12). The van der Waals surface area contributed by atoms with E-state index in [0.29, 0.717) is 12.3 Å². The van der Waals surface area contributed by atoms with Crippen LogP contribution in [0.4, 0.5) is 0 Å². The summed E-state index contributed by atoms with van der Waals surface area (Å²) in [6.45, 7) is 2.19. The predicted molar refractivity (Wildman–Crippen MR) is 47.5 cm³/mol. The molecule has 1 unspecified atom stereocenters. The Morgan fingerprint density at radius 1 is 1.54 bits per heavy atom. The monoisotopic (exact) mass is 184 g/mol. The van der Waals surface area contributed by atoms with Gasteiger partial charge >= 0.3 is 5.97 Å². The second kappa shape index (κ2) is 2.98. The van der Waals surface area contributed by atoms with Crippen molar-refractivity contribution in [3.05, 3.63) is 0 Å². The lowest BCUT2D eigenvalue weighted by molar-refractivity contribution is -0.202. The van der Waals surface area contributed by atoms with Gasteiger partial charge in [0, 0.05) is 0 Å². The van der Waals surface area contributed by atoms with Crippen molar-refractivity contribution in [2.75, 3.05) is 0 Å². The van der Waals surface area contributed by atoms with Crippen molar-refractivity contribution in [2.24, 2.45) is 5.92 Å². The van der Waals surface area contributed by atoms with Crippen molar-refractivity contribution in [1.29, 1.82) is 0 Å². The van der Waals surface area contributed by atoms with E-state index in [-0.39, 0.29) is 5.60 Å². The molecule has 2 fully saturated rings. The van der Waals surface area contributed by atoms with Crippen LogP contribution < -0.4 is 0 Å². The highest BCUT2D eigenvalue weighted by Gasteiger charge is 2.47. The lowest BCUT2D eigenvalue weighted by atomic mass is 9.68. The van der Waals surface area contributed by atoms with Crippen LogP contribution in [0, 0.1) is 5.92 Å². The summed E-state index contributed by atoms with van der Waals surface area (Å²) in [6.07, 6.45) is 4.31. The van der Waals surface area contributed by atoms with Gasteiger partial charge in [-0.2, -0.15) is 0 Å². The van der Waals surface area contributed by atoms with Crippen molar-refractivity contribution in [3.63, 3.8) is 0 Å². The maximum Gasteiger partial charge on any atom is 0.332 e. The lowest BCUT2D eigenvalue weighted by Gasteiger charge is -2.50. The molecule has 3 nitrogen and oxygen atoms in total. The molecule has 0 aromatic carbocycles. The Labute approximate surface area is 78.1 Å². The third kappa shape index (κ3) is 1.57. The van der Waals surface area contributed by atoms with E-state index in [9.17, 15) is 4.79 Å². The predicted octanol–water partition coefficient (Wildman–Crippen LogP) is 1.81. The van der Waals surface area contributed by atoms with Crippen molar-refractivity contribution < 1.29 is 14.6 Å². The molecule has 0 bridgehead atoms. The smallest absolute Gasteiger partial charge is 0.332 e. The second-order valence-electron chi connectivity index (χ2n) is 4.53. The van der Waals surface area contributed by atoms with Gasteiger partial charge in [-0.25, -0.2) is 4.79 Å². The molecule has 1 heterocycles. The molecule has 0 radical (unpaired) electrons. The van der Waals surface area contributed by atoms with Crippen molar-refractivity contribution in [2.45, 2.75) is 50.7 Å². The Morgan fingerprint density at radius 3 is 2.77 bits per heavy atom. The maximum absolute atomic E-state index is 10.7. The first kappa shape index (κ1) is 9.00. The van der Waals surface area contributed by atoms with Crippen LogP contribution in [0.3, 0.4) is 0 Å². The van der Waals surface area contributed by atoms with E-state index in [1.54, 1.807) is 0 Å². The fourth-order valence-electron chi connectivity index (χ4n) is 2.71. The first-order chi connectivity index (χ1) is 6.11. The summed E-state index contributed by atoms with van der Waals surface area (Å²) >= 11 is 0. The lowest BCUT2D eigenvalue weighted by Crippen LogP contribution is -2.51. The van der Waals surface area contributed by atoms with Crippen LogP contribution in [0.5, 0.6) is 0 Å². The van der Waals surface area contributed by atoms with E-state index in [1.165, 1.54) is 0 Å². The molecule has 13 heavy (non-hydrogen) atoms. The molecule has 3 heteroatoms. The summed E-state index contributed by atoms with van der Waals surface area (Å²) in [6, 6.07) is 0. The fourth-order valence-corrected chi connectivity index (χ4v) is 2.71. The van der Waals surface area contributed by atoms with Gasteiger partial charge in [0.1, 0.15) is 0 Å².